The van der Waals surface area contributed by atoms with Crippen molar-refractivity contribution in [2.75, 3.05) is 6.61 Å². The van der Waals surface area contributed by atoms with Gasteiger partial charge >= 0.3 is 5.97 Å². The molecule has 1 aromatic rings. The summed E-state index contributed by atoms with van der Waals surface area (Å²) in [6.07, 6.45) is 0.102. The van der Waals surface area contributed by atoms with Crippen LogP contribution in [0, 0.1) is 28.6 Å². The smallest absolute Gasteiger partial charge is 0.329 e. The normalized spacial score (nSPS) is 12.1. The van der Waals surface area contributed by atoms with Crippen LogP contribution in [0.3, 0.4) is 0 Å². The first-order valence-corrected chi connectivity index (χ1v) is 6.65. The van der Waals surface area contributed by atoms with E-state index in [4.69, 9.17) is 26.9 Å². The molecule has 0 heterocycles. The number of aliphatic imine (C=N–C) groups is 1. The molecule has 1 rings (SSSR count). The molecule has 0 spiro atoms. The molecular formula is C15H14ClN3O2. The summed E-state index contributed by atoms with van der Waals surface area (Å²) in [4.78, 5) is 15.9. The summed E-state index contributed by atoms with van der Waals surface area (Å²) in [6, 6.07) is 10.9. The Morgan fingerprint density at radius 3 is 2.62 bits per heavy atom. The maximum absolute atomic E-state index is 11.7. The minimum absolute atomic E-state index is 0.0159. The zero-order valence-corrected chi connectivity index (χ0v) is 12.3. The highest BCUT2D eigenvalue weighted by Gasteiger charge is 2.22. The van der Waals surface area contributed by atoms with Gasteiger partial charge in [-0.15, -0.1) is 0 Å². The third-order valence-corrected chi connectivity index (χ3v) is 2.92. The van der Waals surface area contributed by atoms with Crippen molar-refractivity contribution < 1.29 is 9.53 Å². The molecule has 0 saturated heterocycles. The van der Waals surface area contributed by atoms with Gasteiger partial charge in [0, 0.05) is 10.7 Å². The Morgan fingerprint density at radius 2 is 2.05 bits per heavy atom. The molecule has 0 aromatic heterocycles. The molecule has 1 aromatic carbocycles. The van der Waals surface area contributed by atoms with Gasteiger partial charge in [0.1, 0.15) is 6.61 Å². The van der Waals surface area contributed by atoms with Gasteiger partial charge in [0.05, 0.1) is 25.1 Å². The van der Waals surface area contributed by atoms with Crippen LogP contribution in [0.25, 0.3) is 0 Å². The Hall–Kier alpha value is -2.37. The van der Waals surface area contributed by atoms with E-state index in [1.807, 2.05) is 24.3 Å². The van der Waals surface area contributed by atoms with Gasteiger partial charge in [0.15, 0.2) is 5.92 Å². The number of nitrogens with zero attached hydrogens (tertiary/aromatic N) is 3. The van der Waals surface area contributed by atoms with E-state index in [2.05, 4.69) is 4.99 Å². The van der Waals surface area contributed by atoms with E-state index in [-0.39, 0.29) is 13.0 Å². The Kier molecular flexibility index (Phi) is 6.94. The topological polar surface area (TPSA) is 86.2 Å². The van der Waals surface area contributed by atoms with Gasteiger partial charge in [-0.1, -0.05) is 23.7 Å². The van der Waals surface area contributed by atoms with Crippen molar-refractivity contribution in [1.82, 2.24) is 0 Å². The molecule has 5 nitrogen and oxygen atoms in total. The second-order valence-electron chi connectivity index (χ2n) is 4.22. The zero-order valence-electron chi connectivity index (χ0n) is 11.5. The Bertz CT molecular complexity index is 597. The highest BCUT2D eigenvalue weighted by atomic mass is 35.5. The maximum Gasteiger partial charge on any atom is 0.329 e. The van der Waals surface area contributed by atoms with Crippen molar-refractivity contribution in [2.45, 2.75) is 19.9 Å². The molecule has 0 saturated carbocycles. The molecule has 108 valence electrons. The number of ether oxygens (including phenoxy) is 1. The van der Waals surface area contributed by atoms with Crippen molar-refractivity contribution in [3.63, 3.8) is 0 Å². The number of nitriles is 2. The van der Waals surface area contributed by atoms with Crippen LogP contribution in [0.4, 0.5) is 0 Å². The number of carbonyl (C=O) groups is 1. The van der Waals surface area contributed by atoms with Crippen LogP contribution >= 0.6 is 11.6 Å². The van der Waals surface area contributed by atoms with Crippen LogP contribution in [0.2, 0.25) is 5.02 Å². The van der Waals surface area contributed by atoms with Gasteiger partial charge < -0.3 is 4.74 Å². The Morgan fingerprint density at radius 1 is 1.38 bits per heavy atom. The van der Waals surface area contributed by atoms with Crippen LogP contribution in [-0.2, 0) is 16.1 Å². The summed E-state index contributed by atoms with van der Waals surface area (Å²) in [7, 11) is 0. The molecule has 21 heavy (non-hydrogen) atoms. The summed E-state index contributed by atoms with van der Waals surface area (Å²) in [5.74, 6) is -1.72. The third kappa shape index (κ3) is 5.64. The molecule has 0 aliphatic carbocycles. The van der Waals surface area contributed by atoms with Gasteiger partial charge in [-0.3, -0.25) is 9.79 Å². The minimum Gasteiger partial charge on any atom is -0.463 e. The first-order valence-electron chi connectivity index (χ1n) is 6.27. The highest BCUT2D eigenvalue weighted by molar-refractivity contribution is 6.30. The third-order valence-electron chi connectivity index (χ3n) is 2.67. The molecular weight excluding hydrogens is 290 g/mol. The summed E-state index contributed by atoms with van der Waals surface area (Å²) in [5, 5.41) is 18.1. The number of rotatable bonds is 6. The number of carbonyl (C=O) groups excluding carboxylic acids is 1. The monoisotopic (exact) mass is 303 g/mol. The van der Waals surface area contributed by atoms with Crippen LogP contribution in [0.15, 0.2) is 29.3 Å². The lowest BCUT2D eigenvalue weighted by atomic mass is 10.1. The fraction of sp³-hybridized carbons (Fsp3) is 0.333. The van der Waals surface area contributed by atoms with E-state index < -0.39 is 11.9 Å². The van der Waals surface area contributed by atoms with Crippen LogP contribution in [0.1, 0.15) is 18.9 Å². The van der Waals surface area contributed by atoms with E-state index in [9.17, 15) is 4.79 Å². The molecule has 0 amide bonds. The van der Waals surface area contributed by atoms with Crippen molar-refractivity contribution in [3.8, 4) is 12.1 Å². The summed E-state index contributed by atoms with van der Waals surface area (Å²) in [5.41, 5.74) is 1.31. The second kappa shape index (κ2) is 8.73. The number of hydrogen-bond donors (Lipinski definition) is 0. The van der Waals surface area contributed by atoms with E-state index in [1.165, 1.54) is 0 Å². The van der Waals surface area contributed by atoms with Gasteiger partial charge in [0.2, 0.25) is 0 Å². The highest BCUT2D eigenvalue weighted by Crippen LogP contribution is 2.11. The largest absolute Gasteiger partial charge is 0.463 e. The molecule has 0 fully saturated rings. The summed E-state index contributed by atoms with van der Waals surface area (Å²) in [6.45, 7) is 1.94. The van der Waals surface area contributed by atoms with Crippen molar-refractivity contribution in [3.05, 3.63) is 34.9 Å². The zero-order chi connectivity index (χ0) is 15.7. The second-order valence-corrected chi connectivity index (χ2v) is 4.66. The number of esters is 1. The number of hydrogen-bond acceptors (Lipinski definition) is 5. The molecule has 0 N–H and O–H groups in total. The van der Waals surface area contributed by atoms with E-state index in [0.29, 0.717) is 17.3 Å². The molecule has 0 radical (unpaired) electrons. The minimum atomic E-state index is -1.05. The summed E-state index contributed by atoms with van der Waals surface area (Å²) >= 11 is 5.79. The van der Waals surface area contributed by atoms with Gasteiger partial charge in [-0.05, 0) is 24.6 Å². The molecule has 0 bridgehead atoms. The molecule has 6 heteroatoms. The van der Waals surface area contributed by atoms with Crippen molar-refractivity contribution in [2.24, 2.45) is 10.9 Å². The Labute approximate surface area is 128 Å². The van der Waals surface area contributed by atoms with Crippen molar-refractivity contribution >= 4 is 23.3 Å². The molecule has 1 unspecified atom stereocenters. The van der Waals surface area contributed by atoms with E-state index in [0.717, 1.165) is 5.56 Å². The fourth-order valence-corrected chi connectivity index (χ4v) is 1.62. The van der Waals surface area contributed by atoms with Gasteiger partial charge in [-0.25, -0.2) is 0 Å². The average Bonchev–Trinajstić information content (AvgIpc) is 2.47. The Balaban J connectivity index is 2.65. The van der Waals surface area contributed by atoms with E-state index in [1.54, 1.807) is 19.1 Å². The quantitative estimate of drug-likeness (QED) is 0.459. The SMILES string of the molecule is CC(=NCc1ccc(Cl)cc1)C(C#N)C(=O)OCCC#N. The van der Waals surface area contributed by atoms with Crippen molar-refractivity contribution in [1.29, 1.82) is 10.5 Å². The first-order chi connectivity index (χ1) is 10.1. The number of halogens is 1. The molecule has 0 aliphatic rings. The van der Waals surface area contributed by atoms with E-state index >= 15 is 0 Å². The lowest BCUT2D eigenvalue weighted by molar-refractivity contribution is -0.144. The van der Waals surface area contributed by atoms with Crippen LogP contribution in [0.5, 0.6) is 0 Å². The predicted molar refractivity (Wildman–Crippen MR) is 78.6 cm³/mol. The maximum atomic E-state index is 11.7. The van der Waals surface area contributed by atoms with Gasteiger partial charge in [0.25, 0.3) is 0 Å². The lowest BCUT2D eigenvalue weighted by Gasteiger charge is -2.08. The fourth-order valence-electron chi connectivity index (χ4n) is 1.49. The molecule has 1 atom stereocenters. The first kappa shape index (κ1) is 16.7. The summed E-state index contributed by atoms with van der Waals surface area (Å²) < 4.78 is 4.84. The lowest BCUT2D eigenvalue weighted by Crippen LogP contribution is -2.23. The standard InChI is InChI=1S/C15H14ClN3O2/c1-11(14(9-18)15(20)21-8-2-7-17)19-10-12-3-5-13(16)6-4-12/h3-6,14H,2,8,10H2,1H3. The number of benzene rings is 1. The molecule has 0 aliphatic heterocycles. The predicted octanol–water partition coefficient (Wildman–Crippen LogP) is 2.90. The van der Waals surface area contributed by atoms with Gasteiger partial charge in [-0.2, -0.15) is 10.5 Å². The average molecular weight is 304 g/mol. The van der Waals surface area contributed by atoms with Crippen LogP contribution < -0.4 is 0 Å². The van der Waals surface area contributed by atoms with Crippen LogP contribution in [-0.4, -0.2) is 18.3 Å².